The Balaban J connectivity index is 2.11. The zero-order valence-electron chi connectivity index (χ0n) is 13.7. The summed E-state index contributed by atoms with van der Waals surface area (Å²) in [5.41, 5.74) is 1.59. The molecule has 1 N–H and O–H groups in total. The van der Waals surface area contributed by atoms with E-state index in [2.05, 4.69) is 4.72 Å². The Hall–Kier alpha value is -2.45. The molecule has 0 atom stereocenters. The van der Waals surface area contributed by atoms with E-state index in [0.29, 0.717) is 5.52 Å². The summed E-state index contributed by atoms with van der Waals surface area (Å²) >= 11 is 6.13. The van der Waals surface area contributed by atoms with Crippen molar-refractivity contribution in [2.75, 3.05) is 11.8 Å². The third-order valence-corrected chi connectivity index (χ3v) is 5.43. The molecule has 0 radical (unpaired) electrons. The molecule has 3 rings (SSSR count). The zero-order chi connectivity index (χ0) is 18.4. The third kappa shape index (κ3) is 3.10. The van der Waals surface area contributed by atoms with Crippen molar-refractivity contribution in [2.24, 2.45) is 7.05 Å². The summed E-state index contributed by atoms with van der Waals surface area (Å²) in [6, 6.07) is 7.67. The van der Waals surface area contributed by atoms with Gasteiger partial charge in [-0.1, -0.05) is 17.7 Å². The van der Waals surface area contributed by atoms with Crippen molar-refractivity contribution in [1.82, 2.24) is 4.57 Å². The van der Waals surface area contributed by atoms with Crippen LogP contribution in [-0.4, -0.2) is 20.1 Å². The third-order valence-electron chi connectivity index (χ3n) is 3.73. The molecule has 0 bridgehead atoms. The quantitative estimate of drug-likeness (QED) is 0.749. The fraction of sp³-hybridized carbons (Fsp3) is 0.188. The molecular formula is C16H15ClN2O5S. The molecule has 0 amide bonds. The lowest BCUT2D eigenvalue weighted by Gasteiger charge is -2.13. The minimum absolute atomic E-state index is 0.00718. The number of oxazole rings is 1. The topological polar surface area (TPSA) is 90.5 Å². The van der Waals surface area contributed by atoms with Crippen LogP contribution >= 0.6 is 11.6 Å². The lowest BCUT2D eigenvalue weighted by atomic mass is 10.2. The van der Waals surface area contributed by atoms with Crippen LogP contribution in [-0.2, 0) is 17.1 Å². The molecule has 2 aromatic carbocycles. The Labute approximate surface area is 148 Å². The van der Waals surface area contributed by atoms with Crippen molar-refractivity contribution in [3.8, 4) is 5.75 Å². The Bertz CT molecular complexity index is 1130. The Kier molecular flexibility index (Phi) is 4.26. The fourth-order valence-corrected chi connectivity index (χ4v) is 4.00. The average molecular weight is 383 g/mol. The first-order valence-electron chi connectivity index (χ1n) is 7.19. The maximum absolute atomic E-state index is 12.8. The van der Waals surface area contributed by atoms with E-state index in [1.165, 1.54) is 36.9 Å². The first kappa shape index (κ1) is 17.4. The van der Waals surface area contributed by atoms with E-state index < -0.39 is 15.8 Å². The number of anilines is 1. The van der Waals surface area contributed by atoms with Gasteiger partial charge in [-0.15, -0.1) is 0 Å². The fourth-order valence-electron chi connectivity index (χ4n) is 2.42. The Morgan fingerprint density at radius 3 is 2.64 bits per heavy atom. The molecule has 9 heteroatoms. The maximum atomic E-state index is 12.8. The molecule has 3 aromatic rings. The van der Waals surface area contributed by atoms with Gasteiger partial charge in [-0.2, -0.15) is 0 Å². The Morgan fingerprint density at radius 2 is 1.96 bits per heavy atom. The highest BCUT2D eigenvalue weighted by atomic mass is 35.5. The number of hydrogen-bond acceptors (Lipinski definition) is 5. The van der Waals surface area contributed by atoms with Gasteiger partial charge in [0.05, 0.1) is 23.3 Å². The van der Waals surface area contributed by atoms with Gasteiger partial charge in [0.15, 0.2) is 5.58 Å². The van der Waals surface area contributed by atoms with Gasteiger partial charge in [-0.25, -0.2) is 13.2 Å². The lowest BCUT2D eigenvalue weighted by Crippen LogP contribution is -2.15. The molecule has 0 saturated heterocycles. The average Bonchev–Trinajstić information content (AvgIpc) is 2.82. The van der Waals surface area contributed by atoms with Gasteiger partial charge >= 0.3 is 5.76 Å². The van der Waals surface area contributed by atoms with Crippen LogP contribution in [0.25, 0.3) is 11.1 Å². The standard InChI is InChI=1S/C16H15ClN2O5S/c1-9-4-5-13(23-3)15(6-9)25(21,22)18-11-8-12-14(7-10(11)17)24-16(20)19(12)2/h4-8,18H,1-3H3. The van der Waals surface area contributed by atoms with Crippen molar-refractivity contribution >= 4 is 38.4 Å². The lowest BCUT2D eigenvalue weighted by molar-refractivity contribution is 0.402. The molecule has 0 unspecified atom stereocenters. The summed E-state index contributed by atoms with van der Waals surface area (Å²) in [5, 5.41) is 0.108. The van der Waals surface area contributed by atoms with Crippen molar-refractivity contribution in [2.45, 2.75) is 11.8 Å². The second-order valence-corrected chi connectivity index (χ2v) is 7.54. The van der Waals surface area contributed by atoms with E-state index in [4.69, 9.17) is 20.8 Å². The number of rotatable bonds is 4. The van der Waals surface area contributed by atoms with Gasteiger partial charge in [-0.3, -0.25) is 9.29 Å². The van der Waals surface area contributed by atoms with Crippen molar-refractivity contribution < 1.29 is 17.6 Å². The minimum Gasteiger partial charge on any atom is -0.495 e. The van der Waals surface area contributed by atoms with Crippen molar-refractivity contribution in [1.29, 1.82) is 0 Å². The summed E-state index contributed by atoms with van der Waals surface area (Å²) < 4.78 is 39.4. The summed E-state index contributed by atoms with van der Waals surface area (Å²) in [6.07, 6.45) is 0. The number of benzene rings is 2. The van der Waals surface area contributed by atoms with E-state index in [0.717, 1.165) is 5.56 Å². The monoisotopic (exact) mass is 382 g/mol. The maximum Gasteiger partial charge on any atom is 0.419 e. The van der Waals surface area contributed by atoms with Gasteiger partial charge in [0.1, 0.15) is 10.6 Å². The number of halogens is 1. The molecular weight excluding hydrogens is 368 g/mol. The molecule has 1 aromatic heterocycles. The van der Waals surface area contributed by atoms with Crippen LogP contribution < -0.4 is 15.2 Å². The number of methoxy groups -OCH3 is 1. The van der Waals surface area contributed by atoms with Gasteiger partial charge in [0.2, 0.25) is 0 Å². The van der Waals surface area contributed by atoms with Crippen molar-refractivity contribution in [3.63, 3.8) is 0 Å². The van der Waals surface area contributed by atoms with Crippen LogP contribution in [0, 0.1) is 6.92 Å². The molecule has 0 spiro atoms. The number of hydrogen-bond donors (Lipinski definition) is 1. The highest BCUT2D eigenvalue weighted by molar-refractivity contribution is 7.92. The second kappa shape index (κ2) is 6.12. The van der Waals surface area contributed by atoms with Crippen molar-refractivity contribution in [3.05, 3.63) is 51.5 Å². The minimum atomic E-state index is -3.95. The summed E-state index contributed by atoms with van der Waals surface area (Å²) in [7, 11) is -1.04. The largest absolute Gasteiger partial charge is 0.495 e. The molecule has 0 aliphatic carbocycles. The van der Waals surface area contributed by atoms with E-state index in [9.17, 15) is 13.2 Å². The van der Waals surface area contributed by atoms with Gasteiger partial charge in [-0.05, 0) is 30.7 Å². The van der Waals surface area contributed by atoms with Crippen LogP contribution in [0.5, 0.6) is 5.75 Å². The molecule has 0 aliphatic heterocycles. The summed E-state index contributed by atoms with van der Waals surface area (Å²) in [5.74, 6) is -0.350. The highest BCUT2D eigenvalue weighted by Gasteiger charge is 2.22. The summed E-state index contributed by atoms with van der Waals surface area (Å²) in [6.45, 7) is 1.78. The molecule has 25 heavy (non-hydrogen) atoms. The number of ether oxygens (including phenoxy) is 1. The predicted octanol–water partition coefficient (Wildman–Crippen LogP) is 2.90. The SMILES string of the molecule is COc1ccc(C)cc1S(=O)(=O)Nc1cc2c(cc1Cl)oc(=O)n2C. The first-order chi connectivity index (χ1) is 11.7. The van der Waals surface area contributed by atoms with Gasteiger partial charge in [0, 0.05) is 13.1 Å². The number of nitrogens with one attached hydrogen (secondary N) is 1. The smallest absolute Gasteiger partial charge is 0.419 e. The molecule has 7 nitrogen and oxygen atoms in total. The molecule has 0 saturated carbocycles. The first-order valence-corrected chi connectivity index (χ1v) is 9.05. The number of aryl methyl sites for hydroxylation is 2. The highest BCUT2D eigenvalue weighted by Crippen LogP contribution is 2.32. The number of nitrogens with zero attached hydrogens (tertiary/aromatic N) is 1. The molecule has 132 valence electrons. The molecule has 1 heterocycles. The van der Waals surface area contributed by atoms with Gasteiger partial charge < -0.3 is 9.15 Å². The van der Waals surface area contributed by atoms with Crippen LogP contribution in [0.4, 0.5) is 5.69 Å². The number of aromatic nitrogens is 1. The molecule has 0 fully saturated rings. The molecule has 0 aliphatic rings. The normalized spacial score (nSPS) is 11.7. The van der Waals surface area contributed by atoms with E-state index >= 15 is 0 Å². The van der Waals surface area contributed by atoms with Crippen LogP contribution in [0.15, 0.2) is 44.4 Å². The second-order valence-electron chi connectivity index (χ2n) is 5.49. The number of fused-ring (bicyclic) bond motifs is 1. The van der Waals surface area contributed by atoms with Crippen LogP contribution in [0.2, 0.25) is 5.02 Å². The Morgan fingerprint density at radius 1 is 1.24 bits per heavy atom. The summed E-state index contributed by atoms with van der Waals surface area (Å²) in [4.78, 5) is 11.6. The van der Waals surface area contributed by atoms with E-state index in [1.54, 1.807) is 19.1 Å². The van der Waals surface area contributed by atoms with E-state index in [1.807, 2.05) is 0 Å². The zero-order valence-corrected chi connectivity index (χ0v) is 15.2. The van der Waals surface area contributed by atoms with Crippen LogP contribution in [0.3, 0.4) is 0 Å². The van der Waals surface area contributed by atoms with Crippen LogP contribution in [0.1, 0.15) is 5.56 Å². The number of sulfonamides is 1. The predicted molar refractivity (Wildman–Crippen MR) is 95.0 cm³/mol. The van der Waals surface area contributed by atoms with E-state index in [-0.39, 0.29) is 26.9 Å². The van der Waals surface area contributed by atoms with Gasteiger partial charge in [0.25, 0.3) is 10.0 Å².